The Balaban J connectivity index is 1.14. The molecule has 2 aromatic rings. The third-order valence-corrected chi connectivity index (χ3v) is 7.72. The lowest BCUT2D eigenvalue weighted by atomic mass is 10.1. The Kier molecular flexibility index (Phi) is 6.64. The highest BCUT2D eigenvalue weighted by atomic mass is 16.5. The fraction of sp³-hybridized carbons (Fsp3) is 0.600. The van der Waals surface area contributed by atoms with Crippen molar-refractivity contribution in [3.8, 4) is 0 Å². The highest BCUT2D eigenvalue weighted by Crippen LogP contribution is 2.32. The summed E-state index contributed by atoms with van der Waals surface area (Å²) in [5.74, 6) is -0.746. The van der Waals surface area contributed by atoms with E-state index in [-0.39, 0.29) is 24.1 Å². The summed E-state index contributed by atoms with van der Waals surface area (Å²) in [6.45, 7) is 2.08. The number of amides is 3. The topological polar surface area (TPSA) is 115 Å². The number of hydrogen-bond donors (Lipinski definition) is 2. The van der Waals surface area contributed by atoms with E-state index in [1.54, 1.807) is 7.05 Å². The van der Waals surface area contributed by atoms with Crippen LogP contribution < -0.4 is 16.3 Å². The van der Waals surface area contributed by atoms with Crippen LogP contribution in [0.5, 0.6) is 0 Å². The molecule has 0 radical (unpaired) electrons. The minimum absolute atomic E-state index is 0.214. The molecule has 3 fully saturated rings. The van der Waals surface area contributed by atoms with E-state index in [1.807, 2.05) is 18.2 Å². The first kappa shape index (κ1) is 23.6. The second kappa shape index (κ2) is 9.85. The van der Waals surface area contributed by atoms with E-state index in [0.29, 0.717) is 37.2 Å². The molecule has 10 heteroatoms. The van der Waals surface area contributed by atoms with Gasteiger partial charge in [-0.05, 0) is 69.2 Å². The van der Waals surface area contributed by atoms with Gasteiger partial charge in [0.05, 0.1) is 11.0 Å². The Hall–Kier alpha value is -3.14. The molecule has 2 N–H and O–H groups in total. The summed E-state index contributed by atoms with van der Waals surface area (Å²) >= 11 is 0. The van der Waals surface area contributed by atoms with E-state index in [2.05, 4.69) is 15.5 Å². The quantitative estimate of drug-likeness (QED) is 0.457. The summed E-state index contributed by atoms with van der Waals surface area (Å²) in [5.41, 5.74) is 2.17. The predicted molar refractivity (Wildman–Crippen MR) is 129 cm³/mol. The molecular formula is C25H33N5O5. The Morgan fingerprint density at radius 2 is 2.00 bits per heavy atom. The molecule has 1 aromatic heterocycles. The number of rotatable bonds is 7. The van der Waals surface area contributed by atoms with Crippen LogP contribution in [0.4, 0.5) is 4.79 Å². The fourth-order valence-electron chi connectivity index (χ4n) is 5.88. The second-order valence-electron chi connectivity index (χ2n) is 9.90. The van der Waals surface area contributed by atoms with Crippen LogP contribution in [0, 0.1) is 0 Å². The number of aromatic nitrogens is 2. The Morgan fingerprint density at radius 1 is 1.14 bits per heavy atom. The van der Waals surface area contributed by atoms with Gasteiger partial charge in [0.2, 0.25) is 11.8 Å². The Bertz CT molecular complexity index is 1200. The van der Waals surface area contributed by atoms with E-state index in [4.69, 9.17) is 4.74 Å². The van der Waals surface area contributed by atoms with E-state index >= 15 is 0 Å². The summed E-state index contributed by atoms with van der Waals surface area (Å²) in [5, 5.41) is 5.16. The van der Waals surface area contributed by atoms with Crippen molar-refractivity contribution in [1.82, 2.24) is 24.7 Å². The predicted octanol–water partition coefficient (Wildman–Crippen LogP) is 1.60. The molecule has 0 bridgehead atoms. The van der Waals surface area contributed by atoms with Crippen molar-refractivity contribution < 1.29 is 19.1 Å². The van der Waals surface area contributed by atoms with Crippen LogP contribution >= 0.6 is 0 Å². The summed E-state index contributed by atoms with van der Waals surface area (Å²) in [6.07, 6.45) is 6.45. The number of benzene rings is 1. The van der Waals surface area contributed by atoms with Gasteiger partial charge in [-0.3, -0.25) is 28.9 Å². The summed E-state index contributed by atoms with van der Waals surface area (Å²) in [6, 6.07) is 6.10. The van der Waals surface area contributed by atoms with Gasteiger partial charge < -0.3 is 10.1 Å². The summed E-state index contributed by atoms with van der Waals surface area (Å²) in [7, 11) is 1.68. The van der Waals surface area contributed by atoms with E-state index in [9.17, 15) is 19.2 Å². The number of nitrogens with one attached hydrogen (secondary N) is 2. The molecule has 35 heavy (non-hydrogen) atoms. The molecule has 0 saturated carbocycles. The number of alkyl carbamates (subject to hydrolysis) is 1. The lowest BCUT2D eigenvalue weighted by Crippen LogP contribution is -2.44. The van der Waals surface area contributed by atoms with Crippen molar-refractivity contribution in [3.05, 3.63) is 34.2 Å². The van der Waals surface area contributed by atoms with Crippen molar-refractivity contribution in [2.75, 3.05) is 19.7 Å². The first-order chi connectivity index (χ1) is 16.9. The van der Waals surface area contributed by atoms with Gasteiger partial charge in [-0.15, -0.1) is 0 Å². The van der Waals surface area contributed by atoms with E-state index in [1.165, 1.54) is 28.4 Å². The number of ether oxygens (including phenoxy) is 1. The maximum atomic E-state index is 12.9. The Labute approximate surface area is 203 Å². The minimum Gasteiger partial charge on any atom is -0.448 e. The summed E-state index contributed by atoms with van der Waals surface area (Å²) < 4.78 is 8.48. The monoisotopic (exact) mass is 483 g/mol. The number of aryl methyl sites for hydroxylation is 2. The highest BCUT2D eigenvalue weighted by molar-refractivity contribution is 6.00. The number of fused-ring (bicyclic) bond motifs is 2. The molecule has 5 rings (SSSR count). The molecule has 4 heterocycles. The number of carbonyl (C=O) groups is 3. The lowest BCUT2D eigenvalue weighted by molar-refractivity contribution is -0.135. The third-order valence-electron chi connectivity index (χ3n) is 7.72. The zero-order chi connectivity index (χ0) is 24.5. The number of imidazole rings is 1. The number of nitrogens with zero attached hydrogens (tertiary/aromatic N) is 3. The summed E-state index contributed by atoms with van der Waals surface area (Å²) in [4.78, 5) is 51.3. The van der Waals surface area contributed by atoms with Crippen LogP contribution in [0.15, 0.2) is 23.0 Å². The SMILES string of the molecule is Cn1c(=O)n(C2CCC(=O)NC2=O)c2ccc(CCCNC(=O)OCC3CCC4CCCN43)cc21. The van der Waals surface area contributed by atoms with Crippen molar-refractivity contribution in [2.24, 2.45) is 7.05 Å². The highest BCUT2D eigenvalue weighted by Gasteiger charge is 2.37. The average molecular weight is 484 g/mol. The fourth-order valence-corrected chi connectivity index (χ4v) is 5.88. The zero-order valence-electron chi connectivity index (χ0n) is 20.1. The van der Waals surface area contributed by atoms with Crippen LogP contribution in [0.3, 0.4) is 0 Å². The minimum atomic E-state index is -0.689. The number of imide groups is 1. The van der Waals surface area contributed by atoms with Gasteiger partial charge in [0.15, 0.2) is 0 Å². The number of piperidine rings is 1. The van der Waals surface area contributed by atoms with Gasteiger partial charge in [0.1, 0.15) is 12.6 Å². The number of carbonyl (C=O) groups excluding carboxylic acids is 3. The standard InChI is InChI=1S/C25H33N5O5/c1-28-21-14-16(6-9-19(21)30(25(28)34)20-10-11-22(31)27-23(20)32)4-2-12-26-24(33)35-15-18-8-7-17-5-3-13-29(17)18/h6,9,14,17-18,20H,2-5,7-8,10-13,15H2,1H3,(H,26,33)(H,27,31,32). The normalized spacial score (nSPS) is 24.5. The first-order valence-corrected chi connectivity index (χ1v) is 12.6. The molecule has 1 aromatic carbocycles. The van der Waals surface area contributed by atoms with Crippen molar-refractivity contribution >= 4 is 28.9 Å². The second-order valence-corrected chi connectivity index (χ2v) is 9.90. The van der Waals surface area contributed by atoms with Crippen LogP contribution in [0.2, 0.25) is 0 Å². The van der Waals surface area contributed by atoms with Gasteiger partial charge in [-0.25, -0.2) is 9.59 Å². The van der Waals surface area contributed by atoms with E-state index < -0.39 is 11.9 Å². The third kappa shape index (κ3) is 4.71. The molecule has 3 unspecified atom stereocenters. The smallest absolute Gasteiger partial charge is 0.407 e. The van der Waals surface area contributed by atoms with Crippen LogP contribution in [-0.2, 0) is 27.8 Å². The average Bonchev–Trinajstić information content (AvgIpc) is 3.52. The molecule has 3 amide bonds. The number of hydrogen-bond acceptors (Lipinski definition) is 6. The largest absolute Gasteiger partial charge is 0.448 e. The molecule has 3 saturated heterocycles. The molecule has 10 nitrogen and oxygen atoms in total. The van der Waals surface area contributed by atoms with Crippen LogP contribution in [-0.4, -0.2) is 63.7 Å². The van der Waals surface area contributed by atoms with Crippen molar-refractivity contribution in [2.45, 2.75) is 69.5 Å². The zero-order valence-corrected chi connectivity index (χ0v) is 20.1. The maximum absolute atomic E-state index is 12.9. The molecule has 0 aliphatic carbocycles. The van der Waals surface area contributed by atoms with Crippen molar-refractivity contribution in [1.29, 1.82) is 0 Å². The van der Waals surface area contributed by atoms with Crippen LogP contribution in [0.25, 0.3) is 11.0 Å². The van der Waals surface area contributed by atoms with Gasteiger partial charge >= 0.3 is 11.8 Å². The maximum Gasteiger partial charge on any atom is 0.407 e. The first-order valence-electron chi connectivity index (χ1n) is 12.6. The molecule has 3 aliphatic rings. The van der Waals surface area contributed by atoms with Gasteiger partial charge in [0.25, 0.3) is 0 Å². The van der Waals surface area contributed by atoms with E-state index in [0.717, 1.165) is 36.9 Å². The van der Waals surface area contributed by atoms with Gasteiger partial charge in [-0.1, -0.05) is 6.07 Å². The van der Waals surface area contributed by atoms with Gasteiger partial charge in [-0.2, -0.15) is 0 Å². The molecule has 3 aliphatic heterocycles. The molecule has 188 valence electrons. The van der Waals surface area contributed by atoms with Crippen molar-refractivity contribution in [3.63, 3.8) is 0 Å². The van der Waals surface area contributed by atoms with Crippen LogP contribution in [0.1, 0.15) is 56.6 Å². The Morgan fingerprint density at radius 3 is 2.83 bits per heavy atom. The molecule has 0 spiro atoms. The van der Waals surface area contributed by atoms with Gasteiger partial charge in [0, 0.05) is 32.1 Å². The lowest BCUT2D eigenvalue weighted by Gasteiger charge is -2.23. The molecule has 3 atom stereocenters. The molecular weight excluding hydrogens is 450 g/mol.